The number of H-pyrrole nitrogens is 1. The van der Waals surface area contributed by atoms with Crippen LogP contribution in [-0.2, 0) is 9.47 Å². The zero-order valence-corrected chi connectivity index (χ0v) is 11.0. The van der Waals surface area contributed by atoms with Gasteiger partial charge < -0.3 is 9.47 Å². The van der Waals surface area contributed by atoms with Crippen LogP contribution in [0, 0.1) is 6.92 Å². The van der Waals surface area contributed by atoms with Gasteiger partial charge in [0.15, 0.2) is 0 Å². The van der Waals surface area contributed by atoms with Crippen LogP contribution in [0.1, 0.15) is 18.2 Å². The van der Waals surface area contributed by atoms with Crippen LogP contribution in [0.3, 0.4) is 0 Å². The highest BCUT2D eigenvalue weighted by molar-refractivity contribution is 5.25. The summed E-state index contributed by atoms with van der Waals surface area (Å²) < 4.78 is 12.2. The van der Waals surface area contributed by atoms with E-state index in [4.69, 9.17) is 9.47 Å². The molecule has 1 aliphatic heterocycles. The van der Waals surface area contributed by atoms with Crippen LogP contribution >= 0.6 is 0 Å². The number of aromatic amines is 1. The number of nitrogens with one attached hydrogen (secondary N) is 1. The predicted molar refractivity (Wildman–Crippen MR) is 69.8 cm³/mol. The molecule has 3 atom stereocenters. The SMILES string of the molecule is C=N[C@H]1C[C@H](n2cc(C)c(=O)[nH]c2=O)O[C@@H]1COC. The van der Waals surface area contributed by atoms with Crippen molar-refractivity contribution in [3.8, 4) is 0 Å². The van der Waals surface area contributed by atoms with Crippen molar-refractivity contribution in [2.45, 2.75) is 31.7 Å². The minimum absolute atomic E-state index is 0.121. The van der Waals surface area contributed by atoms with Gasteiger partial charge in [0.05, 0.1) is 12.6 Å². The van der Waals surface area contributed by atoms with E-state index in [0.717, 1.165) is 0 Å². The van der Waals surface area contributed by atoms with Gasteiger partial charge in [-0.05, 0) is 13.6 Å². The Kier molecular flexibility index (Phi) is 3.96. The zero-order chi connectivity index (χ0) is 14.0. The Morgan fingerprint density at radius 3 is 3.00 bits per heavy atom. The summed E-state index contributed by atoms with van der Waals surface area (Å²) in [5, 5.41) is 0. The normalized spacial score (nSPS) is 26.5. The molecule has 1 N–H and O–H groups in total. The first-order valence-corrected chi connectivity index (χ1v) is 5.99. The van der Waals surface area contributed by atoms with Gasteiger partial charge in [-0.25, -0.2) is 4.79 Å². The number of aliphatic imine (C=N–C) groups is 1. The van der Waals surface area contributed by atoms with Crippen molar-refractivity contribution in [2.24, 2.45) is 4.99 Å². The Balaban J connectivity index is 2.29. The Labute approximate surface area is 109 Å². The van der Waals surface area contributed by atoms with Crippen molar-refractivity contribution >= 4 is 6.72 Å². The minimum Gasteiger partial charge on any atom is -0.382 e. The fraction of sp³-hybridized carbons (Fsp3) is 0.583. The Morgan fingerprint density at radius 2 is 2.37 bits per heavy atom. The minimum atomic E-state index is -0.485. The number of hydrogen-bond donors (Lipinski definition) is 1. The third kappa shape index (κ3) is 2.66. The first kappa shape index (κ1) is 13.7. The predicted octanol–water partition coefficient (Wildman–Crippen LogP) is -0.152. The van der Waals surface area contributed by atoms with Gasteiger partial charge in [0.1, 0.15) is 12.3 Å². The van der Waals surface area contributed by atoms with Gasteiger partial charge >= 0.3 is 5.69 Å². The van der Waals surface area contributed by atoms with E-state index in [1.807, 2.05) is 0 Å². The first-order chi connectivity index (χ1) is 9.06. The second-order valence-electron chi connectivity index (χ2n) is 4.55. The molecule has 0 saturated carbocycles. The lowest BCUT2D eigenvalue weighted by molar-refractivity contribution is -0.0360. The zero-order valence-electron chi connectivity index (χ0n) is 11.0. The molecule has 0 unspecified atom stereocenters. The molecule has 19 heavy (non-hydrogen) atoms. The van der Waals surface area contributed by atoms with Crippen molar-refractivity contribution in [3.63, 3.8) is 0 Å². The van der Waals surface area contributed by atoms with E-state index < -0.39 is 11.9 Å². The molecule has 0 aliphatic carbocycles. The Bertz CT molecular complexity index is 577. The maximum Gasteiger partial charge on any atom is 0.330 e. The second kappa shape index (κ2) is 5.50. The third-order valence-electron chi connectivity index (χ3n) is 3.23. The molecule has 1 aromatic rings. The van der Waals surface area contributed by atoms with E-state index in [1.165, 1.54) is 10.8 Å². The molecule has 1 fully saturated rings. The lowest BCUT2D eigenvalue weighted by atomic mass is 10.1. The number of rotatable bonds is 4. The average Bonchev–Trinajstić information content (AvgIpc) is 2.77. The van der Waals surface area contributed by atoms with Crippen LogP contribution in [0.4, 0.5) is 0 Å². The number of aromatic nitrogens is 2. The van der Waals surface area contributed by atoms with Crippen LogP contribution < -0.4 is 11.2 Å². The third-order valence-corrected chi connectivity index (χ3v) is 3.23. The van der Waals surface area contributed by atoms with Crippen LogP contribution in [0.2, 0.25) is 0 Å². The molecule has 0 bridgehead atoms. The molecule has 0 aromatic carbocycles. The summed E-state index contributed by atoms with van der Waals surface area (Å²) in [7, 11) is 1.58. The van der Waals surface area contributed by atoms with E-state index in [9.17, 15) is 9.59 Å². The summed E-state index contributed by atoms with van der Waals surface area (Å²) in [6, 6.07) is -0.121. The first-order valence-electron chi connectivity index (χ1n) is 5.99. The number of hydrogen-bond acceptors (Lipinski definition) is 5. The molecule has 0 radical (unpaired) electrons. The number of ether oxygens (including phenoxy) is 2. The average molecular weight is 267 g/mol. The Hall–Kier alpha value is -1.73. The van der Waals surface area contributed by atoms with Gasteiger partial charge in [-0.3, -0.25) is 19.3 Å². The highest BCUT2D eigenvalue weighted by Gasteiger charge is 2.36. The van der Waals surface area contributed by atoms with Crippen molar-refractivity contribution < 1.29 is 9.47 Å². The number of aryl methyl sites for hydroxylation is 1. The van der Waals surface area contributed by atoms with Crippen LogP contribution in [0.15, 0.2) is 20.8 Å². The molecule has 7 heteroatoms. The van der Waals surface area contributed by atoms with E-state index >= 15 is 0 Å². The van der Waals surface area contributed by atoms with Crippen LogP contribution in [0.25, 0.3) is 0 Å². The molecule has 1 aromatic heterocycles. The van der Waals surface area contributed by atoms with Gasteiger partial charge in [0, 0.05) is 25.3 Å². The summed E-state index contributed by atoms with van der Waals surface area (Å²) in [4.78, 5) is 29.4. The molecule has 2 heterocycles. The molecule has 7 nitrogen and oxygen atoms in total. The molecule has 1 saturated heterocycles. The molecular formula is C12H17N3O4. The van der Waals surface area contributed by atoms with Crippen molar-refractivity contribution in [1.82, 2.24) is 9.55 Å². The smallest absolute Gasteiger partial charge is 0.330 e. The highest BCUT2D eigenvalue weighted by atomic mass is 16.5. The summed E-state index contributed by atoms with van der Waals surface area (Å²) in [5.41, 5.74) is -0.408. The maximum atomic E-state index is 11.8. The summed E-state index contributed by atoms with van der Waals surface area (Å²) in [6.45, 7) is 5.55. The van der Waals surface area contributed by atoms with Crippen molar-refractivity contribution in [2.75, 3.05) is 13.7 Å². The molecule has 1 aliphatic rings. The van der Waals surface area contributed by atoms with E-state index in [0.29, 0.717) is 18.6 Å². The number of methoxy groups -OCH3 is 1. The van der Waals surface area contributed by atoms with Crippen LogP contribution in [0.5, 0.6) is 0 Å². The molecule has 0 amide bonds. The van der Waals surface area contributed by atoms with Gasteiger partial charge in [-0.15, -0.1) is 0 Å². The Morgan fingerprint density at radius 1 is 1.63 bits per heavy atom. The van der Waals surface area contributed by atoms with E-state index in [2.05, 4.69) is 16.7 Å². The van der Waals surface area contributed by atoms with Gasteiger partial charge in [-0.2, -0.15) is 0 Å². The monoisotopic (exact) mass is 267 g/mol. The summed E-state index contributed by atoms with van der Waals surface area (Å²) in [6.07, 6.45) is 1.34. The second-order valence-corrected chi connectivity index (χ2v) is 4.55. The van der Waals surface area contributed by atoms with Gasteiger partial charge in [0.25, 0.3) is 5.56 Å². The topological polar surface area (TPSA) is 85.7 Å². The quantitative estimate of drug-likeness (QED) is 0.769. The lowest BCUT2D eigenvalue weighted by Gasteiger charge is -2.15. The molecule has 104 valence electrons. The van der Waals surface area contributed by atoms with Gasteiger partial charge in [-0.1, -0.05) is 0 Å². The van der Waals surface area contributed by atoms with Gasteiger partial charge in [0.2, 0.25) is 0 Å². The van der Waals surface area contributed by atoms with E-state index in [-0.39, 0.29) is 17.7 Å². The van der Waals surface area contributed by atoms with Crippen molar-refractivity contribution in [1.29, 1.82) is 0 Å². The molecule has 2 rings (SSSR count). The fourth-order valence-corrected chi connectivity index (χ4v) is 2.19. The van der Waals surface area contributed by atoms with Crippen LogP contribution in [-0.4, -0.2) is 42.1 Å². The lowest BCUT2D eigenvalue weighted by Crippen LogP contribution is -2.33. The number of nitrogens with zero attached hydrogens (tertiary/aromatic N) is 2. The fourth-order valence-electron chi connectivity index (χ4n) is 2.19. The van der Waals surface area contributed by atoms with Crippen molar-refractivity contribution in [3.05, 3.63) is 32.6 Å². The molecule has 0 spiro atoms. The summed E-state index contributed by atoms with van der Waals surface area (Å²) in [5.74, 6) is 0. The standard InChI is InChI=1S/C12H17N3O4/c1-7-5-15(12(17)14-11(7)16)10-4-8(13-2)9(19-10)6-18-3/h5,8-10H,2,4,6H2,1,3H3,(H,14,16,17)/t8-,9+,10+/m0/s1. The maximum absolute atomic E-state index is 11.8. The largest absolute Gasteiger partial charge is 0.382 e. The highest BCUT2D eigenvalue weighted by Crippen LogP contribution is 2.29. The summed E-state index contributed by atoms with van der Waals surface area (Å²) >= 11 is 0. The van der Waals surface area contributed by atoms with E-state index in [1.54, 1.807) is 14.0 Å². The molecular weight excluding hydrogens is 250 g/mol.